The van der Waals surface area contributed by atoms with Crippen molar-refractivity contribution in [2.24, 2.45) is 0 Å². The Morgan fingerprint density at radius 1 is 1.37 bits per heavy atom. The van der Waals surface area contributed by atoms with Crippen molar-refractivity contribution in [2.75, 3.05) is 11.4 Å². The lowest BCUT2D eigenvalue weighted by molar-refractivity contribution is 0.101. The van der Waals surface area contributed by atoms with Gasteiger partial charge in [0.15, 0.2) is 5.78 Å². The lowest BCUT2D eigenvalue weighted by Gasteiger charge is -2.19. The van der Waals surface area contributed by atoms with Gasteiger partial charge < -0.3 is 4.90 Å². The molecule has 0 N–H and O–H groups in total. The number of nitrogens with zero attached hydrogens (tertiary/aromatic N) is 2. The van der Waals surface area contributed by atoms with E-state index < -0.39 is 0 Å². The van der Waals surface area contributed by atoms with Gasteiger partial charge in [-0.05, 0) is 48.7 Å². The van der Waals surface area contributed by atoms with E-state index in [1.54, 1.807) is 13.1 Å². The number of pyridine rings is 1. The van der Waals surface area contributed by atoms with Crippen LogP contribution in [0, 0.1) is 0 Å². The summed E-state index contributed by atoms with van der Waals surface area (Å²) in [5, 5.41) is 0. The number of Topliss-reactive ketones (excluding diaryl/α,β-unsaturated/α-hetero) is 1. The second-order valence-corrected chi connectivity index (χ2v) is 4.93. The third-order valence-corrected chi connectivity index (χ3v) is 3.57. The van der Waals surface area contributed by atoms with Crippen LogP contribution in [0.15, 0.2) is 42.7 Å². The smallest absolute Gasteiger partial charge is 0.159 e. The summed E-state index contributed by atoms with van der Waals surface area (Å²) in [6, 6.07) is 10.1. The molecule has 0 atom stereocenters. The number of rotatable bonds is 3. The molecule has 0 radical (unpaired) electrons. The lowest BCUT2D eigenvalue weighted by Crippen LogP contribution is -2.19. The summed E-state index contributed by atoms with van der Waals surface area (Å²) in [5.74, 6) is 0.133. The maximum Gasteiger partial charge on any atom is 0.159 e. The third-order valence-electron chi connectivity index (χ3n) is 3.57. The van der Waals surface area contributed by atoms with E-state index in [4.69, 9.17) is 0 Å². The summed E-state index contributed by atoms with van der Waals surface area (Å²) < 4.78 is 0. The highest BCUT2D eigenvalue weighted by Gasteiger charge is 2.19. The normalized spacial score (nSPS) is 13.4. The number of carbonyl (C=O) groups is 1. The van der Waals surface area contributed by atoms with Crippen molar-refractivity contribution in [3.05, 3.63) is 59.4 Å². The summed E-state index contributed by atoms with van der Waals surface area (Å²) in [6.45, 7) is 3.50. The molecular formula is C16H16N2O. The molecule has 3 heteroatoms. The van der Waals surface area contributed by atoms with Gasteiger partial charge in [0.1, 0.15) is 0 Å². The van der Waals surface area contributed by atoms with Crippen LogP contribution >= 0.6 is 0 Å². The average molecular weight is 252 g/mol. The van der Waals surface area contributed by atoms with Crippen molar-refractivity contribution in [1.82, 2.24) is 4.98 Å². The number of anilines is 1. The van der Waals surface area contributed by atoms with E-state index in [2.05, 4.69) is 22.0 Å². The van der Waals surface area contributed by atoms with Crippen LogP contribution < -0.4 is 4.90 Å². The van der Waals surface area contributed by atoms with Gasteiger partial charge >= 0.3 is 0 Å². The number of hydrogen-bond acceptors (Lipinski definition) is 3. The molecule has 0 unspecified atom stereocenters. The highest BCUT2D eigenvalue weighted by molar-refractivity contribution is 5.94. The molecule has 0 saturated heterocycles. The molecule has 0 amide bonds. The zero-order valence-corrected chi connectivity index (χ0v) is 11.0. The summed E-state index contributed by atoms with van der Waals surface area (Å²) in [6.07, 6.45) is 4.71. The Morgan fingerprint density at radius 3 is 3.00 bits per heavy atom. The van der Waals surface area contributed by atoms with Crippen LogP contribution in [0.2, 0.25) is 0 Å². The van der Waals surface area contributed by atoms with Gasteiger partial charge in [0.2, 0.25) is 0 Å². The summed E-state index contributed by atoms with van der Waals surface area (Å²) >= 11 is 0. The van der Waals surface area contributed by atoms with E-state index in [1.165, 1.54) is 16.8 Å². The van der Waals surface area contributed by atoms with Gasteiger partial charge in [-0.3, -0.25) is 9.78 Å². The highest BCUT2D eigenvalue weighted by Crippen LogP contribution is 2.30. The van der Waals surface area contributed by atoms with Crippen LogP contribution in [0.3, 0.4) is 0 Å². The van der Waals surface area contributed by atoms with Crippen LogP contribution in [0.5, 0.6) is 0 Å². The molecule has 19 heavy (non-hydrogen) atoms. The minimum absolute atomic E-state index is 0.133. The number of hydrogen-bond donors (Lipinski definition) is 0. The van der Waals surface area contributed by atoms with Crippen molar-refractivity contribution in [3.63, 3.8) is 0 Å². The Kier molecular flexibility index (Phi) is 3.03. The summed E-state index contributed by atoms with van der Waals surface area (Å²) in [4.78, 5) is 17.9. The van der Waals surface area contributed by atoms with Crippen molar-refractivity contribution in [1.29, 1.82) is 0 Å². The Hall–Kier alpha value is -2.16. The SMILES string of the molecule is CC(=O)c1ccc2c(c1)CCN2Cc1cccnc1. The number of fused-ring (bicyclic) bond motifs is 1. The molecule has 0 saturated carbocycles. The van der Waals surface area contributed by atoms with Crippen molar-refractivity contribution >= 4 is 11.5 Å². The molecule has 0 spiro atoms. The molecule has 0 fully saturated rings. The summed E-state index contributed by atoms with van der Waals surface area (Å²) in [7, 11) is 0. The highest BCUT2D eigenvalue weighted by atomic mass is 16.1. The first-order valence-electron chi connectivity index (χ1n) is 6.52. The van der Waals surface area contributed by atoms with E-state index in [9.17, 15) is 4.79 Å². The van der Waals surface area contributed by atoms with Crippen molar-refractivity contribution in [3.8, 4) is 0 Å². The minimum atomic E-state index is 0.133. The first-order chi connectivity index (χ1) is 9.24. The Balaban J connectivity index is 1.84. The Bertz CT molecular complexity index is 607. The second kappa shape index (κ2) is 4.84. The molecule has 1 aromatic carbocycles. The van der Waals surface area contributed by atoms with Gasteiger partial charge in [-0.1, -0.05) is 6.07 Å². The third kappa shape index (κ3) is 2.36. The van der Waals surface area contributed by atoms with Crippen LogP contribution in [-0.2, 0) is 13.0 Å². The predicted molar refractivity (Wildman–Crippen MR) is 75.4 cm³/mol. The first kappa shape index (κ1) is 11.9. The van der Waals surface area contributed by atoms with E-state index in [-0.39, 0.29) is 5.78 Å². The Morgan fingerprint density at radius 2 is 2.26 bits per heavy atom. The van der Waals surface area contributed by atoms with Gasteiger partial charge in [-0.2, -0.15) is 0 Å². The topological polar surface area (TPSA) is 33.2 Å². The number of carbonyl (C=O) groups excluding carboxylic acids is 1. The standard InChI is InChI=1S/C16H16N2O/c1-12(19)14-4-5-16-15(9-14)6-8-18(16)11-13-3-2-7-17-10-13/h2-5,7,9-10H,6,8,11H2,1H3. The number of benzene rings is 1. The maximum absolute atomic E-state index is 11.4. The molecule has 0 aliphatic carbocycles. The van der Waals surface area contributed by atoms with Crippen molar-refractivity contribution in [2.45, 2.75) is 19.9 Å². The Labute approximate surface area is 112 Å². The molecule has 2 heterocycles. The molecule has 1 aliphatic rings. The van der Waals surface area contributed by atoms with E-state index in [1.807, 2.05) is 24.4 Å². The molecule has 2 aromatic rings. The quantitative estimate of drug-likeness (QED) is 0.787. The lowest BCUT2D eigenvalue weighted by atomic mass is 10.1. The summed E-state index contributed by atoms with van der Waals surface area (Å²) in [5.41, 5.74) is 4.54. The van der Waals surface area contributed by atoms with Crippen LogP contribution in [-0.4, -0.2) is 17.3 Å². The molecule has 3 rings (SSSR count). The van der Waals surface area contributed by atoms with E-state index in [0.29, 0.717) is 0 Å². The fourth-order valence-corrected chi connectivity index (χ4v) is 2.57. The van der Waals surface area contributed by atoms with Crippen molar-refractivity contribution < 1.29 is 4.79 Å². The van der Waals surface area contributed by atoms with Gasteiger partial charge in [0, 0.05) is 36.7 Å². The van der Waals surface area contributed by atoms with Crippen LogP contribution in [0.4, 0.5) is 5.69 Å². The molecular weight excluding hydrogens is 236 g/mol. The molecule has 1 aromatic heterocycles. The maximum atomic E-state index is 11.4. The van der Waals surface area contributed by atoms with E-state index >= 15 is 0 Å². The molecule has 3 nitrogen and oxygen atoms in total. The first-order valence-corrected chi connectivity index (χ1v) is 6.52. The van der Waals surface area contributed by atoms with Gasteiger partial charge in [-0.25, -0.2) is 0 Å². The number of aromatic nitrogens is 1. The van der Waals surface area contributed by atoms with E-state index in [0.717, 1.165) is 25.1 Å². The molecule has 96 valence electrons. The molecule has 1 aliphatic heterocycles. The second-order valence-electron chi connectivity index (χ2n) is 4.93. The van der Waals surface area contributed by atoms with Crippen LogP contribution in [0.25, 0.3) is 0 Å². The largest absolute Gasteiger partial charge is 0.367 e. The monoisotopic (exact) mass is 252 g/mol. The number of ketones is 1. The zero-order chi connectivity index (χ0) is 13.2. The van der Waals surface area contributed by atoms with Crippen LogP contribution in [0.1, 0.15) is 28.4 Å². The fourth-order valence-electron chi connectivity index (χ4n) is 2.57. The fraction of sp³-hybridized carbons (Fsp3) is 0.250. The zero-order valence-electron chi connectivity index (χ0n) is 11.0. The van der Waals surface area contributed by atoms with Gasteiger partial charge in [-0.15, -0.1) is 0 Å². The predicted octanol–water partition coefficient (Wildman–Crippen LogP) is 2.85. The molecule has 0 bridgehead atoms. The minimum Gasteiger partial charge on any atom is -0.367 e. The van der Waals surface area contributed by atoms with Gasteiger partial charge in [0.25, 0.3) is 0 Å². The van der Waals surface area contributed by atoms with Gasteiger partial charge in [0.05, 0.1) is 0 Å². The average Bonchev–Trinajstić information content (AvgIpc) is 2.82.